The van der Waals surface area contributed by atoms with Crippen molar-refractivity contribution in [2.45, 2.75) is 0 Å². The molecule has 0 saturated carbocycles. The van der Waals surface area contributed by atoms with Crippen molar-refractivity contribution in [1.82, 2.24) is 5.06 Å². The number of carbonyl (C=O) groups is 4. The zero-order valence-electron chi connectivity index (χ0n) is 12.8. The van der Waals surface area contributed by atoms with Gasteiger partial charge in [0.05, 0.1) is 16.7 Å². The summed E-state index contributed by atoms with van der Waals surface area (Å²) in [5.41, 5.74) is 5.42. The maximum absolute atomic E-state index is 12.1. The van der Waals surface area contributed by atoms with E-state index in [4.69, 9.17) is 15.3 Å². The second kappa shape index (κ2) is 6.44. The molecule has 1 aliphatic rings. The van der Waals surface area contributed by atoms with Crippen molar-refractivity contribution in [2.24, 2.45) is 5.73 Å². The Bertz CT molecular complexity index is 840. The topological polar surface area (TPSA) is 116 Å². The van der Waals surface area contributed by atoms with Gasteiger partial charge in [-0.2, -0.15) is 0 Å². The lowest BCUT2D eigenvalue weighted by Crippen LogP contribution is -2.32. The average Bonchev–Trinajstić information content (AvgIpc) is 2.85. The van der Waals surface area contributed by atoms with Gasteiger partial charge in [-0.15, -0.1) is 0 Å². The van der Waals surface area contributed by atoms with Crippen LogP contribution in [0.5, 0.6) is 5.75 Å². The molecule has 0 atom stereocenters. The Balaban J connectivity index is 1.70. The molecule has 25 heavy (non-hydrogen) atoms. The van der Waals surface area contributed by atoms with Gasteiger partial charge in [-0.1, -0.05) is 17.2 Å². The molecule has 8 heteroatoms. The summed E-state index contributed by atoms with van der Waals surface area (Å²) >= 11 is 0. The number of carbonyl (C=O) groups excluding carboxylic acids is 4. The maximum Gasteiger partial charge on any atom is 0.363 e. The summed E-state index contributed by atoms with van der Waals surface area (Å²) in [4.78, 5) is 52.0. The number of nitrogens with zero attached hydrogens (tertiary/aromatic N) is 1. The minimum Gasteiger partial charge on any atom is -0.484 e. The molecule has 0 aromatic heterocycles. The largest absolute Gasteiger partial charge is 0.484 e. The Labute approximate surface area is 141 Å². The van der Waals surface area contributed by atoms with Crippen LogP contribution in [-0.4, -0.2) is 35.4 Å². The van der Waals surface area contributed by atoms with Crippen molar-refractivity contribution >= 4 is 23.7 Å². The summed E-state index contributed by atoms with van der Waals surface area (Å²) in [7, 11) is 0. The third-order valence-electron chi connectivity index (χ3n) is 3.40. The number of amides is 3. The van der Waals surface area contributed by atoms with E-state index >= 15 is 0 Å². The van der Waals surface area contributed by atoms with Crippen molar-refractivity contribution in [3.8, 4) is 5.75 Å². The number of primary amides is 1. The van der Waals surface area contributed by atoms with Gasteiger partial charge in [0.1, 0.15) is 5.75 Å². The highest BCUT2D eigenvalue weighted by Crippen LogP contribution is 2.23. The van der Waals surface area contributed by atoms with E-state index in [1.165, 1.54) is 36.4 Å². The Hall–Kier alpha value is -3.68. The molecule has 0 unspecified atom stereocenters. The molecular weight excluding hydrogens is 328 g/mol. The van der Waals surface area contributed by atoms with Crippen LogP contribution >= 0.6 is 0 Å². The lowest BCUT2D eigenvalue weighted by Gasteiger charge is -2.12. The SMILES string of the molecule is NC(=O)COc1ccc(C(=O)ON2C(=O)c3ccccc3C2=O)cc1. The van der Waals surface area contributed by atoms with Crippen LogP contribution in [0, 0.1) is 0 Å². The number of fused-ring (bicyclic) bond motifs is 1. The summed E-state index contributed by atoms with van der Waals surface area (Å²) < 4.78 is 5.07. The molecule has 1 aliphatic heterocycles. The molecule has 0 radical (unpaired) electrons. The Morgan fingerprint density at radius 1 is 0.920 bits per heavy atom. The fourth-order valence-electron chi connectivity index (χ4n) is 2.23. The monoisotopic (exact) mass is 340 g/mol. The van der Waals surface area contributed by atoms with E-state index in [-0.39, 0.29) is 23.3 Å². The molecule has 2 N–H and O–H groups in total. The van der Waals surface area contributed by atoms with E-state index in [1.54, 1.807) is 12.1 Å². The van der Waals surface area contributed by atoms with Gasteiger partial charge in [0.25, 0.3) is 17.7 Å². The van der Waals surface area contributed by atoms with Crippen LogP contribution in [0.15, 0.2) is 48.5 Å². The molecule has 126 valence electrons. The highest BCUT2D eigenvalue weighted by atomic mass is 16.7. The zero-order valence-corrected chi connectivity index (χ0v) is 12.8. The molecular formula is C17H12N2O6. The average molecular weight is 340 g/mol. The highest BCUT2D eigenvalue weighted by molar-refractivity contribution is 6.21. The van der Waals surface area contributed by atoms with Crippen LogP contribution in [0.2, 0.25) is 0 Å². The van der Waals surface area contributed by atoms with Crippen LogP contribution in [-0.2, 0) is 9.63 Å². The standard InChI is InChI=1S/C17H12N2O6/c18-14(20)9-24-11-7-5-10(6-8-11)17(23)25-19-15(21)12-3-1-2-4-13(12)16(19)22/h1-8H,9H2,(H2,18,20). The van der Waals surface area contributed by atoms with Crippen molar-refractivity contribution in [2.75, 3.05) is 6.61 Å². The third-order valence-corrected chi connectivity index (χ3v) is 3.40. The molecule has 1 heterocycles. The third kappa shape index (κ3) is 3.18. The summed E-state index contributed by atoms with van der Waals surface area (Å²) in [5, 5.41) is 0.435. The lowest BCUT2D eigenvalue weighted by molar-refractivity contribution is -0.119. The van der Waals surface area contributed by atoms with E-state index in [1.807, 2.05) is 0 Å². The van der Waals surface area contributed by atoms with Gasteiger partial charge >= 0.3 is 5.97 Å². The van der Waals surface area contributed by atoms with Crippen LogP contribution in [0.1, 0.15) is 31.1 Å². The highest BCUT2D eigenvalue weighted by Gasteiger charge is 2.38. The minimum atomic E-state index is -0.879. The van der Waals surface area contributed by atoms with Crippen molar-refractivity contribution < 1.29 is 28.8 Å². The second-order valence-corrected chi connectivity index (χ2v) is 5.11. The summed E-state index contributed by atoms with van der Waals surface area (Å²) in [5.74, 6) is -2.58. The van der Waals surface area contributed by atoms with Crippen molar-refractivity contribution in [3.63, 3.8) is 0 Å². The maximum atomic E-state index is 12.1. The van der Waals surface area contributed by atoms with Crippen LogP contribution < -0.4 is 10.5 Å². The number of benzene rings is 2. The molecule has 8 nitrogen and oxygen atoms in total. The first kappa shape index (κ1) is 16.2. The molecule has 0 saturated heterocycles. The summed E-state index contributed by atoms with van der Waals surface area (Å²) in [6.45, 7) is -0.293. The zero-order chi connectivity index (χ0) is 18.0. The number of hydroxylamine groups is 2. The number of rotatable bonds is 5. The molecule has 3 rings (SSSR count). The molecule has 2 aromatic carbocycles. The molecule has 0 fully saturated rings. The first-order chi connectivity index (χ1) is 12.0. The van der Waals surface area contributed by atoms with E-state index in [0.717, 1.165) is 0 Å². The molecule has 0 spiro atoms. The molecule has 0 bridgehead atoms. The van der Waals surface area contributed by atoms with Gasteiger partial charge < -0.3 is 15.3 Å². The normalized spacial score (nSPS) is 12.7. The van der Waals surface area contributed by atoms with Crippen LogP contribution in [0.4, 0.5) is 0 Å². The number of hydrogen-bond acceptors (Lipinski definition) is 6. The number of ether oxygens (including phenoxy) is 1. The fourth-order valence-corrected chi connectivity index (χ4v) is 2.23. The van der Waals surface area contributed by atoms with Crippen molar-refractivity contribution in [3.05, 3.63) is 65.2 Å². The number of hydrogen-bond donors (Lipinski definition) is 1. The Morgan fingerprint density at radius 3 is 2.00 bits per heavy atom. The van der Waals surface area contributed by atoms with Crippen LogP contribution in [0.25, 0.3) is 0 Å². The number of nitrogens with two attached hydrogens (primary N) is 1. The molecule has 0 aliphatic carbocycles. The predicted molar refractivity (Wildman–Crippen MR) is 83.5 cm³/mol. The van der Waals surface area contributed by atoms with E-state index < -0.39 is 23.7 Å². The van der Waals surface area contributed by atoms with Gasteiger partial charge in [0.15, 0.2) is 6.61 Å². The Morgan fingerprint density at radius 2 is 1.48 bits per heavy atom. The smallest absolute Gasteiger partial charge is 0.363 e. The van der Waals surface area contributed by atoms with Gasteiger partial charge in [0.2, 0.25) is 0 Å². The molecule has 2 aromatic rings. The minimum absolute atomic E-state index is 0.1000. The van der Waals surface area contributed by atoms with Gasteiger partial charge in [-0.05, 0) is 36.4 Å². The summed E-state index contributed by atoms with van der Waals surface area (Å²) in [6, 6.07) is 11.8. The van der Waals surface area contributed by atoms with E-state index in [0.29, 0.717) is 10.8 Å². The first-order valence-electron chi connectivity index (χ1n) is 7.18. The van der Waals surface area contributed by atoms with Crippen LogP contribution in [0.3, 0.4) is 0 Å². The fraction of sp³-hybridized carbons (Fsp3) is 0.0588. The lowest BCUT2D eigenvalue weighted by atomic mass is 10.1. The number of imide groups is 1. The summed E-state index contributed by atoms with van der Waals surface area (Å²) in [6.07, 6.45) is 0. The Kier molecular flexibility index (Phi) is 4.17. The second-order valence-electron chi connectivity index (χ2n) is 5.11. The quantitative estimate of drug-likeness (QED) is 0.809. The predicted octanol–water partition coefficient (Wildman–Crippen LogP) is 0.919. The van der Waals surface area contributed by atoms with Gasteiger partial charge in [-0.25, -0.2) is 4.79 Å². The van der Waals surface area contributed by atoms with Gasteiger partial charge in [-0.3, -0.25) is 14.4 Å². The molecule has 3 amide bonds. The van der Waals surface area contributed by atoms with E-state index in [2.05, 4.69) is 0 Å². The van der Waals surface area contributed by atoms with Gasteiger partial charge in [0, 0.05) is 0 Å². The van der Waals surface area contributed by atoms with Crippen molar-refractivity contribution in [1.29, 1.82) is 0 Å². The van der Waals surface area contributed by atoms with E-state index in [9.17, 15) is 19.2 Å². The first-order valence-corrected chi connectivity index (χ1v) is 7.18.